The molecule has 2 N–H and O–H groups in total. The van der Waals surface area contributed by atoms with Crippen LogP contribution in [0, 0.1) is 16.0 Å². The quantitative estimate of drug-likeness (QED) is 0.668. The second-order valence-corrected chi connectivity index (χ2v) is 6.47. The first-order valence-electron chi connectivity index (χ1n) is 7.63. The van der Waals surface area contributed by atoms with Crippen LogP contribution in [-0.4, -0.2) is 35.0 Å². The van der Waals surface area contributed by atoms with Gasteiger partial charge in [0.1, 0.15) is 0 Å². The molecular formula is C16H25N3O2. The smallest absolute Gasteiger partial charge is 0.269 e. The molecule has 1 unspecified atom stereocenters. The molecule has 1 aliphatic rings. The summed E-state index contributed by atoms with van der Waals surface area (Å²) in [5, 5.41) is 10.9. The lowest BCUT2D eigenvalue weighted by Gasteiger charge is -2.44. The lowest BCUT2D eigenvalue weighted by molar-refractivity contribution is -0.384. The van der Waals surface area contributed by atoms with Crippen molar-refractivity contribution in [1.82, 2.24) is 4.90 Å². The Bertz CT molecular complexity index is 498. The van der Waals surface area contributed by atoms with Gasteiger partial charge in [0.05, 0.1) is 4.92 Å². The van der Waals surface area contributed by atoms with Crippen molar-refractivity contribution in [2.45, 2.75) is 38.6 Å². The molecular weight excluding hydrogens is 266 g/mol. The number of nitro groups is 1. The third-order valence-corrected chi connectivity index (χ3v) is 4.69. The molecule has 1 aromatic rings. The Kier molecular flexibility index (Phi) is 4.96. The number of piperidine rings is 1. The molecule has 0 spiro atoms. The van der Waals surface area contributed by atoms with Crippen LogP contribution in [0.4, 0.5) is 5.69 Å². The van der Waals surface area contributed by atoms with E-state index in [0.29, 0.717) is 6.54 Å². The number of nitrogens with zero attached hydrogens (tertiary/aromatic N) is 2. The molecule has 0 bridgehead atoms. The average molecular weight is 291 g/mol. The molecule has 1 fully saturated rings. The molecule has 0 aliphatic carbocycles. The Morgan fingerprint density at radius 1 is 1.43 bits per heavy atom. The minimum Gasteiger partial charge on any atom is -0.329 e. The molecule has 0 saturated carbocycles. The van der Waals surface area contributed by atoms with Crippen LogP contribution < -0.4 is 5.73 Å². The molecule has 0 amide bonds. The largest absolute Gasteiger partial charge is 0.329 e. The number of likely N-dealkylation sites (tertiary alicyclic amines) is 1. The molecule has 1 saturated heterocycles. The third kappa shape index (κ3) is 3.80. The minimum absolute atomic E-state index is 0.130. The van der Waals surface area contributed by atoms with Crippen LogP contribution in [0.1, 0.15) is 32.3 Å². The monoisotopic (exact) mass is 291 g/mol. The van der Waals surface area contributed by atoms with Gasteiger partial charge in [-0.05, 0) is 50.8 Å². The zero-order chi connectivity index (χ0) is 15.5. The number of non-ortho nitro benzene ring substituents is 1. The molecule has 1 aliphatic heterocycles. The highest BCUT2D eigenvalue weighted by Gasteiger charge is 2.33. The van der Waals surface area contributed by atoms with E-state index in [1.807, 2.05) is 6.07 Å². The fraction of sp³-hybridized carbons (Fsp3) is 0.625. The van der Waals surface area contributed by atoms with Gasteiger partial charge in [0, 0.05) is 24.2 Å². The molecule has 21 heavy (non-hydrogen) atoms. The van der Waals surface area contributed by atoms with Crippen molar-refractivity contribution in [3.63, 3.8) is 0 Å². The summed E-state index contributed by atoms with van der Waals surface area (Å²) < 4.78 is 0. The molecule has 0 radical (unpaired) electrons. The number of hydrogen-bond donors (Lipinski definition) is 1. The maximum absolute atomic E-state index is 10.9. The highest BCUT2D eigenvalue weighted by atomic mass is 16.6. The molecule has 1 aromatic carbocycles. The van der Waals surface area contributed by atoms with Gasteiger partial charge in [-0.2, -0.15) is 0 Å². The van der Waals surface area contributed by atoms with Crippen molar-refractivity contribution >= 4 is 5.69 Å². The van der Waals surface area contributed by atoms with Crippen molar-refractivity contribution in [3.8, 4) is 0 Å². The Hall–Kier alpha value is -1.46. The first-order chi connectivity index (χ1) is 9.94. The van der Waals surface area contributed by atoms with Crippen molar-refractivity contribution < 1.29 is 4.92 Å². The molecule has 1 heterocycles. The molecule has 5 heteroatoms. The van der Waals surface area contributed by atoms with E-state index in [4.69, 9.17) is 5.73 Å². The van der Waals surface area contributed by atoms with Crippen LogP contribution >= 0.6 is 0 Å². The highest BCUT2D eigenvalue weighted by molar-refractivity contribution is 5.35. The lowest BCUT2D eigenvalue weighted by atomic mass is 9.87. The van der Waals surface area contributed by atoms with Crippen LogP contribution in [0.15, 0.2) is 24.3 Å². The zero-order valence-electron chi connectivity index (χ0n) is 12.9. The minimum atomic E-state index is -0.341. The summed E-state index contributed by atoms with van der Waals surface area (Å²) in [6.07, 6.45) is 3.15. The Balaban J connectivity index is 2.14. The summed E-state index contributed by atoms with van der Waals surface area (Å²) in [4.78, 5) is 13.0. The summed E-state index contributed by atoms with van der Waals surface area (Å²) in [6, 6.07) is 6.91. The second-order valence-electron chi connectivity index (χ2n) is 6.47. The van der Waals surface area contributed by atoms with Crippen LogP contribution in [0.3, 0.4) is 0 Å². The number of nitro benzene ring substituents is 1. The third-order valence-electron chi connectivity index (χ3n) is 4.69. The lowest BCUT2D eigenvalue weighted by Crippen LogP contribution is -2.55. The van der Waals surface area contributed by atoms with Gasteiger partial charge in [0.2, 0.25) is 0 Å². The Morgan fingerprint density at radius 3 is 2.67 bits per heavy atom. The fourth-order valence-corrected chi connectivity index (χ4v) is 3.08. The summed E-state index contributed by atoms with van der Waals surface area (Å²) >= 11 is 0. The Labute approximate surface area is 126 Å². The van der Waals surface area contributed by atoms with E-state index in [0.717, 1.165) is 31.0 Å². The zero-order valence-corrected chi connectivity index (χ0v) is 12.9. The summed E-state index contributed by atoms with van der Waals surface area (Å²) in [5.41, 5.74) is 7.05. The number of hydrogen-bond acceptors (Lipinski definition) is 4. The van der Waals surface area contributed by atoms with Crippen molar-refractivity contribution in [2.75, 3.05) is 19.6 Å². The van der Waals surface area contributed by atoms with Gasteiger partial charge >= 0.3 is 0 Å². The maximum Gasteiger partial charge on any atom is 0.269 e. The van der Waals surface area contributed by atoms with Crippen molar-refractivity contribution in [3.05, 3.63) is 39.9 Å². The van der Waals surface area contributed by atoms with E-state index >= 15 is 0 Å². The van der Waals surface area contributed by atoms with Gasteiger partial charge in [0.25, 0.3) is 5.69 Å². The van der Waals surface area contributed by atoms with Gasteiger partial charge in [-0.1, -0.05) is 19.1 Å². The average Bonchev–Trinajstić information content (AvgIpc) is 2.48. The fourth-order valence-electron chi connectivity index (χ4n) is 3.08. The SMILES string of the molecule is CC1CCN(C(C)(CN)Cc2cccc([N+](=O)[O-])c2)CC1. The maximum atomic E-state index is 10.9. The van der Waals surface area contributed by atoms with Gasteiger partial charge in [-0.25, -0.2) is 0 Å². The summed E-state index contributed by atoms with van der Waals surface area (Å²) in [6.45, 7) is 7.14. The van der Waals surface area contributed by atoms with E-state index in [9.17, 15) is 10.1 Å². The van der Waals surface area contributed by atoms with E-state index in [2.05, 4.69) is 18.7 Å². The van der Waals surface area contributed by atoms with Crippen molar-refractivity contribution in [2.24, 2.45) is 11.7 Å². The van der Waals surface area contributed by atoms with Crippen molar-refractivity contribution in [1.29, 1.82) is 0 Å². The standard InChI is InChI=1S/C16H25N3O2/c1-13-6-8-18(9-7-13)16(2,12-17)11-14-4-3-5-15(10-14)19(20)21/h3-5,10,13H,6-9,11-12,17H2,1-2H3. The van der Waals surface area contributed by atoms with Crippen LogP contribution in [-0.2, 0) is 6.42 Å². The molecule has 1 atom stereocenters. The Morgan fingerprint density at radius 2 is 2.10 bits per heavy atom. The molecule has 116 valence electrons. The number of benzene rings is 1. The predicted molar refractivity (Wildman–Crippen MR) is 84.2 cm³/mol. The van der Waals surface area contributed by atoms with Gasteiger partial charge in [0.15, 0.2) is 0 Å². The van der Waals surface area contributed by atoms with Gasteiger partial charge in [-0.15, -0.1) is 0 Å². The van der Waals surface area contributed by atoms with Gasteiger partial charge < -0.3 is 5.73 Å². The van der Waals surface area contributed by atoms with E-state index in [1.54, 1.807) is 12.1 Å². The second kappa shape index (κ2) is 6.54. The first kappa shape index (κ1) is 15.9. The number of nitrogens with two attached hydrogens (primary N) is 1. The van der Waals surface area contributed by atoms with E-state index < -0.39 is 0 Å². The van der Waals surface area contributed by atoms with Crippen LogP contribution in [0.25, 0.3) is 0 Å². The van der Waals surface area contributed by atoms with Gasteiger partial charge in [-0.3, -0.25) is 15.0 Å². The number of rotatable bonds is 5. The summed E-state index contributed by atoms with van der Waals surface area (Å²) in [5.74, 6) is 0.779. The van der Waals surface area contributed by atoms with Crippen LogP contribution in [0.2, 0.25) is 0 Å². The predicted octanol–water partition coefficient (Wildman–Crippen LogP) is 2.59. The molecule has 2 rings (SSSR count). The van der Waals surface area contributed by atoms with Crippen LogP contribution in [0.5, 0.6) is 0 Å². The normalized spacial score (nSPS) is 20.1. The van der Waals surface area contributed by atoms with E-state index in [1.165, 1.54) is 18.9 Å². The van der Waals surface area contributed by atoms with E-state index in [-0.39, 0.29) is 16.1 Å². The summed E-state index contributed by atoms with van der Waals surface area (Å²) in [7, 11) is 0. The molecule has 5 nitrogen and oxygen atoms in total. The topological polar surface area (TPSA) is 72.4 Å². The highest BCUT2D eigenvalue weighted by Crippen LogP contribution is 2.27. The first-order valence-corrected chi connectivity index (χ1v) is 7.63. The molecule has 0 aromatic heterocycles.